The summed E-state index contributed by atoms with van der Waals surface area (Å²) in [6.07, 6.45) is 2.38. The van der Waals surface area contributed by atoms with Crippen molar-refractivity contribution in [2.75, 3.05) is 19.7 Å². The molecule has 6 heteroatoms. The number of nitrogens with zero attached hydrogens (tertiary/aromatic N) is 2. The van der Waals surface area contributed by atoms with E-state index in [1.807, 2.05) is 36.1 Å². The third-order valence-corrected chi connectivity index (χ3v) is 5.93. The average molecular weight is 344 g/mol. The summed E-state index contributed by atoms with van der Waals surface area (Å²) in [6, 6.07) is 7.59. The Morgan fingerprint density at radius 2 is 2.16 bits per heavy atom. The Morgan fingerprint density at radius 3 is 2.88 bits per heavy atom. The lowest BCUT2D eigenvalue weighted by atomic mass is 9.58. The van der Waals surface area contributed by atoms with Gasteiger partial charge in [0.15, 0.2) is 5.58 Å². The van der Waals surface area contributed by atoms with Crippen molar-refractivity contribution in [3.63, 3.8) is 0 Å². The molecule has 2 heterocycles. The fraction of sp³-hybridized carbons (Fsp3) is 0.579. The van der Waals surface area contributed by atoms with Gasteiger partial charge in [0, 0.05) is 36.9 Å². The molecule has 134 valence electrons. The van der Waals surface area contributed by atoms with Gasteiger partial charge in [-0.1, -0.05) is 17.3 Å². The quantitative estimate of drug-likeness (QED) is 0.920. The molecule has 2 fully saturated rings. The fourth-order valence-electron chi connectivity index (χ4n) is 4.31. The van der Waals surface area contributed by atoms with E-state index in [9.17, 15) is 9.90 Å². The number of fused-ring (bicyclic) bond motifs is 1. The highest BCUT2D eigenvalue weighted by Crippen LogP contribution is 2.50. The monoisotopic (exact) mass is 344 g/mol. The smallest absolute Gasteiger partial charge is 0.228 e. The van der Waals surface area contributed by atoms with Crippen molar-refractivity contribution in [3.05, 3.63) is 30.0 Å². The van der Waals surface area contributed by atoms with Gasteiger partial charge in [0.1, 0.15) is 5.69 Å². The summed E-state index contributed by atoms with van der Waals surface area (Å²) in [5, 5.41) is 15.2. The number of carbonyl (C=O) groups excluding carboxylic acids is 1. The standard InChI is InChI=1S/C19H24N2O4/c1-2-24-17-12-16(22)19(17)7-9-21(10-8-19)18(23)11-14-13-5-3-4-6-15(13)25-20-14/h3-6,16-17,22H,2,7-12H2,1H3/t16-,17-/m0/s1. The third kappa shape index (κ3) is 2.73. The highest BCUT2D eigenvalue weighted by atomic mass is 16.5. The second-order valence-electron chi connectivity index (χ2n) is 7.11. The second-order valence-corrected chi connectivity index (χ2v) is 7.11. The molecular weight excluding hydrogens is 320 g/mol. The zero-order chi connectivity index (χ0) is 17.4. The molecule has 2 aliphatic rings. The maximum atomic E-state index is 12.7. The maximum absolute atomic E-state index is 12.7. The van der Waals surface area contributed by atoms with Crippen LogP contribution in [0.25, 0.3) is 11.0 Å². The van der Waals surface area contributed by atoms with Crippen molar-refractivity contribution in [2.45, 2.75) is 44.8 Å². The van der Waals surface area contributed by atoms with E-state index in [1.54, 1.807) is 0 Å². The van der Waals surface area contributed by atoms with Gasteiger partial charge in [-0.25, -0.2) is 0 Å². The highest BCUT2D eigenvalue weighted by Gasteiger charge is 2.56. The molecule has 2 atom stereocenters. The summed E-state index contributed by atoms with van der Waals surface area (Å²) < 4.78 is 11.1. The average Bonchev–Trinajstić information content (AvgIpc) is 3.05. The van der Waals surface area contributed by atoms with Crippen LogP contribution >= 0.6 is 0 Å². The van der Waals surface area contributed by atoms with Gasteiger partial charge in [0.25, 0.3) is 0 Å². The molecule has 1 saturated heterocycles. The van der Waals surface area contributed by atoms with Gasteiger partial charge in [0.2, 0.25) is 5.91 Å². The molecule has 1 aromatic carbocycles. The van der Waals surface area contributed by atoms with Crippen molar-refractivity contribution in [1.82, 2.24) is 10.1 Å². The van der Waals surface area contributed by atoms with Crippen LogP contribution in [0.15, 0.2) is 28.8 Å². The molecule has 1 saturated carbocycles. The number of aliphatic hydroxyl groups excluding tert-OH is 1. The van der Waals surface area contributed by atoms with E-state index in [4.69, 9.17) is 9.26 Å². The molecule has 2 aromatic rings. The molecule has 0 unspecified atom stereocenters. The summed E-state index contributed by atoms with van der Waals surface area (Å²) in [5.74, 6) is 0.0654. The lowest BCUT2D eigenvalue weighted by Crippen LogP contribution is -2.62. The van der Waals surface area contributed by atoms with Crippen molar-refractivity contribution in [3.8, 4) is 0 Å². The van der Waals surface area contributed by atoms with Crippen LogP contribution in [-0.2, 0) is 16.0 Å². The SMILES string of the molecule is CCO[C@H]1C[C@H](O)C12CCN(C(=O)Cc1noc3ccccc13)CC2. The summed E-state index contributed by atoms with van der Waals surface area (Å²) in [5.41, 5.74) is 1.24. The predicted octanol–water partition coefficient (Wildman–Crippen LogP) is 2.15. The topological polar surface area (TPSA) is 75.8 Å². The van der Waals surface area contributed by atoms with Gasteiger partial charge >= 0.3 is 0 Å². The van der Waals surface area contributed by atoms with Crippen molar-refractivity contribution in [1.29, 1.82) is 0 Å². The number of carbonyl (C=O) groups is 1. The molecule has 1 aliphatic heterocycles. The van der Waals surface area contributed by atoms with Crippen LogP contribution in [0, 0.1) is 5.41 Å². The molecule has 1 N–H and O–H groups in total. The Hall–Kier alpha value is -1.92. The minimum absolute atomic E-state index is 0.0654. The number of amides is 1. The minimum Gasteiger partial charge on any atom is -0.392 e. The van der Waals surface area contributed by atoms with Crippen LogP contribution in [0.4, 0.5) is 0 Å². The largest absolute Gasteiger partial charge is 0.392 e. The lowest BCUT2D eigenvalue weighted by molar-refractivity contribution is -0.210. The molecule has 1 aliphatic carbocycles. The summed E-state index contributed by atoms with van der Waals surface area (Å²) in [6.45, 7) is 3.98. The van der Waals surface area contributed by atoms with Crippen molar-refractivity contribution < 1.29 is 19.2 Å². The number of likely N-dealkylation sites (tertiary alicyclic amines) is 1. The molecule has 25 heavy (non-hydrogen) atoms. The second kappa shape index (κ2) is 6.42. The number of rotatable bonds is 4. The van der Waals surface area contributed by atoms with E-state index in [2.05, 4.69) is 5.16 Å². The molecule has 0 bridgehead atoms. The van der Waals surface area contributed by atoms with Crippen LogP contribution < -0.4 is 0 Å². The lowest BCUT2D eigenvalue weighted by Gasteiger charge is -2.56. The van der Waals surface area contributed by atoms with Gasteiger partial charge in [-0.2, -0.15) is 0 Å². The Labute approximate surface area is 146 Å². The Morgan fingerprint density at radius 1 is 1.40 bits per heavy atom. The molecule has 1 spiro atoms. The van der Waals surface area contributed by atoms with E-state index in [-0.39, 0.29) is 30.0 Å². The van der Waals surface area contributed by atoms with Crippen LogP contribution in [0.1, 0.15) is 31.9 Å². The van der Waals surface area contributed by atoms with Gasteiger partial charge in [-0.3, -0.25) is 4.79 Å². The number of benzene rings is 1. The first-order chi connectivity index (χ1) is 12.1. The van der Waals surface area contributed by atoms with E-state index < -0.39 is 0 Å². The van der Waals surface area contributed by atoms with E-state index in [0.717, 1.165) is 18.2 Å². The van der Waals surface area contributed by atoms with Crippen LogP contribution in [-0.4, -0.2) is 53.0 Å². The minimum atomic E-state index is -0.305. The number of aliphatic hydroxyl groups is 1. The first kappa shape index (κ1) is 16.5. The predicted molar refractivity (Wildman–Crippen MR) is 92.0 cm³/mol. The Kier molecular flexibility index (Phi) is 4.25. The molecule has 4 rings (SSSR count). The Balaban J connectivity index is 1.40. The number of piperidine rings is 1. The zero-order valence-corrected chi connectivity index (χ0v) is 14.5. The van der Waals surface area contributed by atoms with Crippen LogP contribution in [0.3, 0.4) is 0 Å². The van der Waals surface area contributed by atoms with E-state index in [1.165, 1.54) is 0 Å². The van der Waals surface area contributed by atoms with Gasteiger partial charge in [0.05, 0.1) is 18.6 Å². The first-order valence-electron chi connectivity index (χ1n) is 9.05. The fourth-order valence-corrected chi connectivity index (χ4v) is 4.31. The number of hydrogen-bond acceptors (Lipinski definition) is 5. The van der Waals surface area contributed by atoms with E-state index >= 15 is 0 Å². The Bertz CT molecular complexity index is 762. The molecule has 1 aromatic heterocycles. The molecular formula is C19H24N2O4. The normalized spacial score (nSPS) is 25.3. The van der Waals surface area contributed by atoms with Gasteiger partial charge in [-0.15, -0.1) is 0 Å². The molecule has 0 radical (unpaired) electrons. The first-order valence-corrected chi connectivity index (χ1v) is 9.05. The van der Waals surface area contributed by atoms with Crippen LogP contribution in [0.5, 0.6) is 0 Å². The van der Waals surface area contributed by atoms with Crippen LogP contribution in [0.2, 0.25) is 0 Å². The van der Waals surface area contributed by atoms with Crippen molar-refractivity contribution in [2.24, 2.45) is 5.41 Å². The molecule has 1 amide bonds. The molecule has 6 nitrogen and oxygen atoms in total. The third-order valence-electron chi connectivity index (χ3n) is 5.93. The summed E-state index contributed by atoms with van der Waals surface area (Å²) >= 11 is 0. The van der Waals surface area contributed by atoms with Gasteiger partial charge in [-0.05, 0) is 31.9 Å². The summed E-state index contributed by atoms with van der Waals surface area (Å²) in [7, 11) is 0. The van der Waals surface area contributed by atoms with Crippen molar-refractivity contribution >= 4 is 16.9 Å². The number of ether oxygens (including phenoxy) is 1. The zero-order valence-electron chi connectivity index (χ0n) is 14.5. The number of aromatic nitrogens is 1. The number of hydrogen-bond donors (Lipinski definition) is 1. The highest BCUT2D eigenvalue weighted by molar-refractivity contribution is 5.86. The maximum Gasteiger partial charge on any atom is 0.228 e. The summed E-state index contributed by atoms with van der Waals surface area (Å²) in [4.78, 5) is 14.5. The van der Waals surface area contributed by atoms with E-state index in [0.29, 0.717) is 37.4 Å². The number of para-hydroxylation sites is 1. The van der Waals surface area contributed by atoms with Gasteiger partial charge < -0.3 is 19.3 Å².